The van der Waals surface area contributed by atoms with E-state index in [9.17, 15) is 9.59 Å². The maximum absolute atomic E-state index is 12.7. The molecule has 0 aliphatic carbocycles. The number of carbonyl (C=O) groups is 2. The Bertz CT molecular complexity index is 1020. The number of hydrogen-bond donors (Lipinski definition) is 1. The van der Waals surface area contributed by atoms with E-state index in [0.717, 1.165) is 29.8 Å². The van der Waals surface area contributed by atoms with Gasteiger partial charge in [-0.1, -0.05) is 48.5 Å². The summed E-state index contributed by atoms with van der Waals surface area (Å²) in [7, 11) is 0. The first kappa shape index (κ1) is 18.7. The fraction of sp³-hybridized carbons (Fsp3) is 0.167. The van der Waals surface area contributed by atoms with Crippen LogP contribution in [0.1, 0.15) is 22.3 Å². The third kappa shape index (κ3) is 4.29. The van der Waals surface area contributed by atoms with E-state index >= 15 is 0 Å². The van der Waals surface area contributed by atoms with Crippen LogP contribution < -0.4 is 10.2 Å². The van der Waals surface area contributed by atoms with E-state index in [0.29, 0.717) is 17.8 Å². The quantitative estimate of drug-likeness (QED) is 0.653. The van der Waals surface area contributed by atoms with Crippen molar-refractivity contribution in [2.75, 3.05) is 23.4 Å². The summed E-state index contributed by atoms with van der Waals surface area (Å²) in [6, 6.07) is 24.6. The number of anilines is 3. The van der Waals surface area contributed by atoms with Crippen LogP contribution in [0.5, 0.6) is 0 Å². The van der Waals surface area contributed by atoms with Crippen molar-refractivity contribution in [3.63, 3.8) is 0 Å². The number of rotatable bonds is 5. The minimum atomic E-state index is -0.525. The summed E-state index contributed by atoms with van der Waals surface area (Å²) in [5, 5.41) is 3.22. The average molecular weight is 386 g/mol. The van der Waals surface area contributed by atoms with Crippen molar-refractivity contribution in [2.24, 2.45) is 0 Å². The number of esters is 1. The molecule has 1 amide bonds. The van der Waals surface area contributed by atoms with Gasteiger partial charge in [0.15, 0.2) is 6.61 Å². The highest BCUT2D eigenvalue weighted by atomic mass is 16.5. The third-order valence-electron chi connectivity index (χ3n) is 4.94. The molecule has 0 saturated heterocycles. The lowest BCUT2D eigenvalue weighted by atomic mass is 10.0. The summed E-state index contributed by atoms with van der Waals surface area (Å²) >= 11 is 0. The molecule has 0 fully saturated rings. The van der Waals surface area contributed by atoms with Gasteiger partial charge in [-0.25, -0.2) is 4.79 Å². The van der Waals surface area contributed by atoms with E-state index in [-0.39, 0.29) is 12.5 Å². The number of nitrogens with one attached hydrogen (secondary N) is 1. The highest BCUT2D eigenvalue weighted by Gasteiger charge is 2.23. The number of hydrogen-bond acceptors (Lipinski definition) is 4. The molecule has 1 heterocycles. The number of amides is 1. The van der Waals surface area contributed by atoms with Crippen molar-refractivity contribution >= 4 is 28.9 Å². The van der Waals surface area contributed by atoms with Crippen LogP contribution in [-0.2, 0) is 16.0 Å². The lowest BCUT2D eigenvalue weighted by molar-refractivity contribution is -0.121. The van der Waals surface area contributed by atoms with Crippen LogP contribution in [0.4, 0.5) is 17.1 Å². The molecule has 0 atom stereocenters. The molecule has 0 saturated carbocycles. The number of benzene rings is 3. The Balaban J connectivity index is 1.44. The third-order valence-corrected chi connectivity index (χ3v) is 4.94. The van der Waals surface area contributed by atoms with Crippen LogP contribution in [0.3, 0.4) is 0 Å². The summed E-state index contributed by atoms with van der Waals surface area (Å²) in [6.45, 7) is 0.354. The van der Waals surface area contributed by atoms with Gasteiger partial charge in [0.1, 0.15) is 0 Å². The minimum Gasteiger partial charge on any atom is -0.452 e. The number of fused-ring (bicyclic) bond motifs is 1. The molecule has 1 N–H and O–H groups in total. The zero-order valence-electron chi connectivity index (χ0n) is 16.0. The first-order valence-corrected chi connectivity index (χ1v) is 9.69. The molecule has 5 heteroatoms. The van der Waals surface area contributed by atoms with Gasteiger partial charge < -0.3 is 15.0 Å². The summed E-state index contributed by atoms with van der Waals surface area (Å²) in [6.07, 6.45) is 1.86. The molecule has 29 heavy (non-hydrogen) atoms. The minimum absolute atomic E-state index is 0.209. The van der Waals surface area contributed by atoms with Crippen molar-refractivity contribution in [3.8, 4) is 0 Å². The van der Waals surface area contributed by atoms with E-state index in [1.165, 1.54) is 0 Å². The lowest BCUT2D eigenvalue weighted by Gasteiger charge is -2.29. The molecule has 0 bridgehead atoms. The van der Waals surface area contributed by atoms with E-state index in [2.05, 4.69) is 5.32 Å². The zero-order chi connectivity index (χ0) is 20.1. The first-order chi connectivity index (χ1) is 14.2. The Kier molecular flexibility index (Phi) is 5.56. The van der Waals surface area contributed by atoms with Crippen LogP contribution in [-0.4, -0.2) is 25.0 Å². The molecule has 3 aromatic rings. The van der Waals surface area contributed by atoms with Gasteiger partial charge in [0.05, 0.1) is 11.3 Å². The van der Waals surface area contributed by atoms with E-state index in [4.69, 9.17) is 4.74 Å². The molecule has 3 aromatic carbocycles. The van der Waals surface area contributed by atoms with Gasteiger partial charge in [-0.05, 0) is 48.7 Å². The second-order valence-electron chi connectivity index (χ2n) is 6.89. The Labute approximate surface area is 169 Å². The normalized spacial score (nSPS) is 12.8. The lowest BCUT2D eigenvalue weighted by Crippen LogP contribution is -2.38. The fourth-order valence-electron chi connectivity index (χ4n) is 3.52. The van der Waals surface area contributed by atoms with E-state index in [1.807, 2.05) is 66.7 Å². The molecule has 0 spiro atoms. The van der Waals surface area contributed by atoms with Gasteiger partial charge in [-0.15, -0.1) is 0 Å². The molecule has 1 aliphatic heterocycles. The SMILES string of the molecule is O=C(OCC(=O)N1CCCc2ccccc21)c1ccccc1Nc1ccccc1. The molecular formula is C24H22N2O3. The van der Waals surface area contributed by atoms with Crippen LogP contribution in [0.15, 0.2) is 78.9 Å². The van der Waals surface area contributed by atoms with Crippen molar-refractivity contribution < 1.29 is 14.3 Å². The van der Waals surface area contributed by atoms with Crippen molar-refractivity contribution in [1.82, 2.24) is 0 Å². The highest BCUT2D eigenvalue weighted by Crippen LogP contribution is 2.27. The largest absolute Gasteiger partial charge is 0.452 e. The smallest absolute Gasteiger partial charge is 0.340 e. The van der Waals surface area contributed by atoms with Crippen LogP contribution in [0.25, 0.3) is 0 Å². The second-order valence-corrected chi connectivity index (χ2v) is 6.89. The van der Waals surface area contributed by atoms with Gasteiger partial charge in [0.2, 0.25) is 0 Å². The number of carbonyl (C=O) groups excluding carboxylic acids is 2. The van der Waals surface area contributed by atoms with Gasteiger partial charge in [0.25, 0.3) is 5.91 Å². The van der Waals surface area contributed by atoms with Crippen molar-refractivity contribution in [1.29, 1.82) is 0 Å². The van der Waals surface area contributed by atoms with Crippen LogP contribution >= 0.6 is 0 Å². The van der Waals surface area contributed by atoms with Crippen LogP contribution in [0, 0.1) is 0 Å². The molecule has 1 aliphatic rings. The molecule has 0 aromatic heterocycles. The number of nitrogens with zero attached hydrogens (tertiary/aromatic N) is 1. The topological polar surface area (TPSA) is 58.6 Å². The fourth-order valence-corrected chi connectivity index (χ4v) is 3.52. The van der Waals surface area contributed by atoms with E-state index in [1.54, 1.807) is 17.0 Å². The number of ether oxygens (including phenoxy) is 1. The summed E-state index contributed by atoms with van der Waals surface area (Å²) in [5.74, 6) is -0.735. The van der Waals surface area contributed by atoms with Crippen molar-refractivity contribution in [2.45, 2.75) is 12.8 Å². The molecule has 5 nitrogen and oxygen atoms in total. The van der Waals surface area contributed by atoms with Gasteiger partial charge >= 0.3 is 5.97 Å². The maximum atomic E-state index is 12.7. The van der Waals surface area contributed by atoms with Gasteiger partial charge in [-0.2, -0.15) is 0 Å². The predicted octanol–water partition coefficient (Wildman–Crippen LogP) is 4.57. The molecule has 146 valence electrons. The molecule has 0 radical (unpaired) electrons. The predicted molar refractivity (Wildman–Crippen MR) is 114 cm³/mol. The van der Waals surface area contributed by atoms with Gasteiger partial charge in [-0.3, -0.25) is 4.79 Å². The van der Waals surface area contributed by atoms with Crippen LogP contribution in [0.2, 0.25) is 0 Å². The Morgan fingerprint density at radius 1 is 0.897 bits per heavy atom. The second kappa shape index (κ2) is 8.61. The zero-order valence-corrected chi connectivity index (χ0v) is 16.0. The Hall–Kier alpha value is -3.60. The number of aryl methyl sites for hydroxylation is 1. The monoisotopic (exact) mass is 386 g/mol. The van der Waals surface area contributed by atoms with Gasteiger partial charge in [0, 0.05) is 17.9 Å². The van der Waals surface area contributed by atoms with E-state index < -0.39 is 5.97 Å². The summed E-state index contributed by atoms with van der Waals surface area (Å²) in [5.41, 5.74) is 3.96. The number of para-hydroxylation sites is 3. The average Bonchev–Trinajstić information content (AvgIpc) is 2.78. The molecular weight excluding hydrogens is 364 g/mol. The first-order valence-electron chi connectivity index (χ1n) is 9.69. The van der Waals surface area contributed by atoms with Crippen molar-refractivity contribution in [3.05, 3.63) is 90.0 Å². The highest BCUT2D eigenvalue weighted by molar-refractivity contribution is 6.00. The maximum Gasteiger partial charge on any atom is 0.340 e. The Morgan fingerprint density at radius 3 is 2.48 bits per heavy atom. The molecule has 4 rings (SSSR count). The summed E-state index contributed by atoms with van der Waals surface area (Å²) in [4.78, 5) is 27.1. The summed E-state index contributed by atoms with van der Waals surface area (Å²) < 4.78 is 5.37. The molecule has 0 unspecified atom stereocenters. The Morgan fingerprint density at radius 2 is 1.62 bits per heavy atom. The standard InChI is InChI=1S/C24H22N2O3/c27-23(26-16-8-10-18-9-4-7-15-22(18)26)17-29-24(28)20-13-5-6-14-21(20)25-19-11-2-1-3-12-19/h1-7,9,11-15,25H,8,10,16-17H2.